The highest BCUT2D eigenvalue weighted by Gasteiger charge is 2.51. The second-order valence-electron chi connectivity index (χ2n) is 7.47. The van der Waals surface area contributed by atoms with Crippen LogP contribution in [0.5, 0.6) is 0 Å². The SMILES string of the molecule is O=C1CCc2cc(N3CCC(O)(C(=O)NCc4ccc(F)c(Cl)c4F)C3=O)ccc2N1. The van der Waals surface area contributed by atoms with E-state index in [2.05, 4.69) is 10.6 Å². The van der Waals surface area contributed by atoms with Crippen molar-refractivity contribution in [3.8, 4) is 0 Å². The molecule has 162 valence electrons. The predicted molar refractivity (Wildman–Crippen MR) is 109 cm³/mol. The largest absolute Gasteiger partial charge is 0.372 e. The number of halogens is 3. The van der Waals surface area contributed by atoms with Crippen molar-refractivity contribution in [1.29, 1.82) is 0 Å². The number of fused-ring (bicyclic) bond motifs is 1. The summed E-state index contributed by atoms with van der Waals surface area (Å²) in [6, 6.07) is 7.12. The number of aryl methyl sites for hydroxylation is 1. The van der Waals surface area contributed by atoms with E-state index in [1.807, 2.05) is 0 Å². The Balaban J connectivity index is 1.48. The Morgan fingerprint density at radius 1 is 1.23 bits per heavy atom. The maximum absolute atomic E-state index is 14.0. The molecule has 10 heteroatoms. The van der Waals surface area contributed by atoms with E-state index in [0.29, 0.717) is 24.2 Å². The van der Waals surface area contributed by atoms with Crippen LogP contribution in [0.4, 0.5) is 20.2 Å². The summed E-state index contributed by atoms with van der Waals surface area (Å²) in [4.78, 5) is 38.2. The number of carbonyl (C=O) groups excluding carboxylic acids is 3. The Kier molecular flexibility index (Phi) is 5.40. The van der Waals surface area contributed by atoms with E-state index >= 15 is 0 Å². The van der Waals surface area contributed by atoms with E-state index in [1.165, 1.54) is 4.90 Å². The van der Waals surface area contributed by atoms with Crippen LogP contribution in [-0.4, -0.2) is 35.0 Å². The fraction of sp³-hybridized carbons (Fsp3) is 0.286. The molecule has 0 aliphatic carbocycles. The summed E-state index contributed by atoms with van der Waals surface area (Å²) in [5, 5.41) is 15.1. The highest BCUT2D eigenvalue weighted by Crippen LogP contribution is 2.33. The van der Waals surface area contributed by atoms with Crippen molar-refractivity contribution in [3.63, 3.8) is 0 Å². The molecule has 0 spiro atoms. The molecule has 0 bridgehead atoms. The molecule has 31 heavy (non-hydrogen) atoms. The van der Waals surface area contributed by atoms with Gasteiger partial charge in [-0.25, -0.2) is 8.78 Å². The highest BCUT2D eigenvalue weighted by molar-refractivity contribution is 6.31. The molecule has 1 atom stereocenters. The molecular weight excluding hydrogens is 432 g/mol. The minimum atomic E-state index is -2.32. The number of aliphatic hydroxyl groups is 1. The zero-order chi connectivity index (χ0) is 22.3. The van der Waals surface area contributed by atoms with Gasteiger partial charge in [-0.3, -0.25) is 14.4 Å². The lowest BCUT2D eigenvalue weighted by Gasteiger charge is -2.24. The molecule has 2 aromatic rings. The van der Waals surface area contributed by atoms with Gasteiger partial charge >= 0.3 is 0 Å². The molecule has 1 saturated heterocycles. The van der Waals surface area contributed by atoms with Gasteiger partial charge in [0.2, 0.25) is 11.5 Å². The van der Waals surface area contributed by atoms with Crippen molar-refractivity contribution >= 4 is 40.7 Å². The maximum atomic E-state index is 14.0. The Labute approximate surface area is 181 Å². The van der Waals surface area contributed by atoms with Gasteiger partial charge in [-0.05, 0) is 36.2 Å². The summed E-state index contributed by atoms with van der Waals surface area (Å²) in [5.41, 5.74) is -0.375. The molecule has 2 aliphatic heterocycles. The zero-order valence-corrected chi connectivity index (χ0v) is 16.9. The van der Waals surface area contributed by atoms with Gasteiger partial charge in [-0.1, -0.05) is 17.7 Å². The first-order valence-corrected chi connectivity index (χ1v) is 9.96. The molecule has 3 amide bonds. The van der Waals surface area contributed by atoms with Crippen molar-refractivity contribution in [2.24, 2.45) is 0 Å². The third-order valence-electron chi connectivity index (χ3n) is 5.52. The molecule has 2 aromatic carbocycles. The van der Waals surface area contributed by atoms with E-state index in [0.717, 1.165) is 17.7 Å². The van der Waals surface area contributed by atoms with Crippen LogP contribution in [0.2, 0.25) is 5.02 Å². The van der Waals surface area contributed by atoms with Gasteiger partial charge in [0.25, 0.3) is 11.8 Å². The summed E-state index contributed by atoms with van der Waals surface area (Å²) in [5.74, 6) is -3.82. The Bertz CT molecular complexity index is 1110. The standard InChI is InChI=1S/C21H18ClF2N3O4/c22-17-14(23)4-1-12(18(17)24)10-25-19(29)21(31)7-8-27(20(21)30)13-3-5-15-11(9-13)2-6-16(28)26-15/h1,3-5,9,31H,2,6-8,10H2,(H,25,29)(H,26,28). The van der Waals surface area contributed by atoms with Crippen LogP contribution in [0, 0.1) is 11.6 Å². The lowest BCUT2D eigenvalue weighted by Crippen LogP contribution is -2.52. The number of nitrogens with zero attached hydrogens (tertiary/aromatic N) is 1. The number of hydrogen-bond donors (Lipinski definition) is 3. The summed E-state index contributed by atoms with van der Waals surface area (Å²) in [7, 11) is 0. The third kappa shape index (κ3) is 3.75. The van der Waals surface area contributed by atoms with Crippen molar-refractivity contribution in [2.45, 2.75) is 31.4 Å². The van der Waals surface area contributed by atoms with E-state index in [1.54, 1.807) is 18.2 Å². The first kappa shape index (κ1) is 21.2. The minimum absolute atomic E-state index is 0.0811. The van der Waals surface area contributed by atoms with E-state index in [-0.39, 0.29) is 31.0 Å². The number of benzene rings is 2. The zero-order valence-electron chi connectivity index (χ0n) is 16.2. The average molecular weight is 450 g/mol. The quantitative estimate of drug-likeness (QED) is 0.492. The summed E-state index contributed by atoms with van der Waals surface area (Å²) >= 11 is 5.53. The van der Waals surface area contributed by atoms with Gasteiger partial charge in [-0.2, -0.15) is 0 Å². The Morgan fingerprint density at radius 3 is 2.77 bits per heavy atom. The topological polar surface area (TPSA) is 98.7 Å². The minimum Gasteiger partial charge on any atom is -0.372 e. The van der Waals surface area contributed by atoms with E-state index in [9.17, 15) is 28.3 Å². The number of carbonyl (C=O) groups is 3. The lowest BCUT2D eigenvalue weighted by molar-refractivity contribution is -0.149. The van der Waals surface area contributed by atoms with Gasteiger partial charge in [-0.15, -0.1) is 0 Å². The van der Waals surface area contributed by atoms with Gasteiger partial charge < -0.3 is 20.6 Å². The molecule has 0 saturated carbocycles. The fourth-order valence-electron chi connectivity index (χ4n) is 3.72. The number of anilines is 2. The number of amides is 3. The first-order valence-electron chi connectivity index (χ1n) is 9.58. The molecule has 1 fully saturated rings. The second-order valence-corrected chi connectivity index (χ2v) is 7.85. The second kappa shape index (κ2) is 7.90. The number of hydrogen-bond acceptors (Lipinski definition) is 4. The average Bonchev–Trinajstić information content (AvgIpc) is 3.06. The normalized spacial score (nSPS) is 20.5. The van der Waals surface area contributed by atoms with E-state index in [4.69, 9.17) is 11.6 Å². The van der Waals surface area contributed by atoms with Crippen LogP contribution in [0.3, 0.4) is 0 Å². The number of nitrogens with one attached hydrogen (secondary N) is 2. The van der Waals surface area contributed by atoms with Crippen LogP contribution in [-0.2, 0) is 27.3 Å². The van der Waals surface area contributed by atoms with Crippen molar-refractivity contribution in [2.75, 3.05) is 16.8 Å². The van der Waals surface area contributed by atoms with Crippen molar-refractivity contribution < 1.29 is 28.3 Å². The molecule has 4 rings (SSSR count). The van der Waals surface area contributed by atoms with Crippen molar-refractivity contribution in [3.05, 3.63) is 58.1 Å². The first-order chi connectivity index (χ1) is 14.7. The third-order valence-corrected chi connectivity index (χ3v) is 5.87. The van der Waals surface area contributed by atoms with Gasteiger partial charge in [0, 0.05) is 42.9 Å². The smallest absolute Gasteiger partial charge is 0.268 e. The Hall–Kier alpha value is -3.04. The molecule has 7 nitrogen and oxygen atoms in total. The predicted octanol–water partition coefficient (Wildman–Crippen LogP) is 2.29. The molecule has 2 aliphatic rings. The summed E-state index contributed by atoms with van der Waals surface area (Å²) < 4.78 is 27.3. The van der Waals surface area contributed by atoms with E-state index < -0.39 is 34.1 Å². The highest BCUT2D eigenvalue weighted by atomic mass is 35.5. The monoisotopic (exact) mass is 449 g/mol. The van der Waals surface area contributed by atoms with Gasteiger partial charge in [0.05, 0.1) is 0 Å². The van der Waals surface area contributed by atoms with Crippen molar-refractivity contribution in [1.82, 2.24) is 5.32 Å². The summed E-state index contributed by atoms with van der Waals surface area (Å²) in [6.45, 7) is -0.274. The van der Waals surface area contributed by atoms with Crippen LogP contribution >= 0.6 is 11.6 Å². The Morgan fingerprint density at radius 2 is 2.00 bits per heavy atom. The maximum Gasteiger partial charge on any atom is 0.268 e. The number of rotatable bonds is 4. The molecule has 0 radical (unpaired) electrons. The van der Waals surface area contributed by atoms with Crippen LogP contribution in [0.25, 0.3) is 0 Å². The van der Waals surface area contributed by atoms with Gasteiger partial charge in [0.1, 0.15) is 16.7 Å². The van der Waals surface area contributed by atoms with Crippen LogP contribution in [0.15, 0.2) is 30.3 Å². The molecular formula is C21H18ClF2N3O4. The van der Waals surface area contributed by atoms with Gasteiger partial charge in [0.15, 0.2) is 0 Å². The van der Waals surface area contributed by atoms with Crippen LogP contribution in [0.1, 0.15) is 24.0 Å². The molecule has 0 aromatic heterocycles. The molecule has 1 unspecified atom stereocenters. The molecule has 3 N–H and O–H groups in total. The van der Waals surface area contributed by atoms with Crippen LogP contribution < -0.4 is 15.5 Å². The summed E-state index contributed by atoms with van der Waals surface area (Å²) in [6.07, 6.45) is 0.701. The molecule has 2 heterocycles. The lowest BCUT2D eigenvalue weighted by atomic mass is 10.0. The fourth-order valence-corrected chi connectivity index (χ4v) is 3.91.